The maximum absolute atomic E-state index is 11.7. The molecule has 0 unspecified atom stereocenters. The Hall–Kier alpha value is -0.430. The highest BCUT2D eigenvalue weighted by molar-refractivity contribution is 14.1. The smallest absolute Gasteiger partial charge is 0.264 e. The van der Waals surface area contributed by atoms with Gasteiger partial charge in [0.2, 0.25) is 0 Å². The number of aromatic nitrogens is 2. The van der Waals surface area contributed by atoms with Gasteiger partial charge in [-0.1, -0.05) is 0 Å². The first-order valence-corrected chi connectivity index (χ1v) is 6.09. The van der Waals surface area contributed by atoms with Crippen LogP contribution >= 0.6 is 22.6 Å². The molecule has 1 aliphatic rings. The van der Waals surface area contributed by atoms with E-state index in [0.29, 0.717) is 12.5 Å². The zero-order valence-electron chi connectivity index (χ0n) is 8.88. The van der Waals surface area contributed by atoms with Crippen molar-refractivity contribution in [1.29, 1.82) is 0 Å². The Kier molecular flexibility index (Phi) is 3.11. The highest BCUT2D eigenvalue weighted by Crippen LogP contribution is 2.40. The van der Waals surface area contributed by atoms with E-state index >= 15 is 0 Å². The monoisotopic (exact) mass is 319 g/mol. The predicted molar refractivity (Wildman–Crippen MR) is 66.9 cm³/mol. The minimum absolute atomic E-state index is 0.00403. The number of hydrogen-bond donors (Lipinski definition) is 1. The highest BCUT2D eigenvalue weighted by atomic mass is 127. The fourth-order valence-corrected chi connectivity index (χ4v) is 2.22. The van der Waals surface area contributed by atoms with Crippen molar-refractivity contribution in [3.63, 3.8) is 0 Å². The van der Waals surface area contributed by atoms with Crippen LogP contribution in [0.1, 0.15) is 30.3 Å². The molecule has 0 amide bonds. The molecule has 0 radical (unpaired) electrons. The van der Waals surface area contributed by atoms with Crippen molar-refractivity contribution in [2.75, 3.05) is 14.1 Å². The number of aromatic amines is 1. The van der Waals surface area contributed by atoms with E-state index in [1.54, 1.807) is 0 Å². The summed E-state index contributed by atoms with van der Waals surface area (Å²) < 4.78 is 0.762. The van der Waals surface area contributed by atoms with Gasteiger partial charge in [-0.05, 0) is 49.5 Å². The van der Waals surface area contributed by atoms with Crippen molar-refractivity contribution >= 4 is 22.6 Å². The first-order chi connectivity index (χ1) is 7.08. The average molecular weight is 319 g/mol. The number of nitrogens with zero attached hydrogens (tertiary/aromatic N) is 2. The van der Waals surface area contributed by atoms with Gasteiger partial charge in [0.05, 0.1) is 15.8 Å². The summed E-state index contributed by atoms with van der Waals surface area (Å²) in [6.45, 7) is 0.686. The lowest BCUT2D eigenvalue weighted by Gasteiger charge is -2.10. The van der Waals surface area contributed by atoms with Gasteiger partial charge in [0.15, 0.2) is 0 Å². The van der Waals surface area contributed by atoms with Crippen molar-refractivity contribution < 1.29 is 0 Å². The Balaban J connectivity index is 2.37. The summed E-state index contributed by atoms with van der Waals surface area (Å²) in [6, 6.07) is 0. The molecule has 15 heavy (non-hydrogen) atoms. The average Bonchev–Trinajstić information content (AvgIpc) is 2.93. The van der Waals surface area contributed by atoms with Crippen LogP contribution in [0.25, 0.3) is 0 Å². The van der Waals surface area contributed by atoms with E-state index in [-0.39, 0.29) is 5.56 Å². The number of halogens is 1. The lowest BCUT2D eigenvalue weighted by molar-refractivity contribution is 0.389. The summed E-state index contributed by atoms with van der Waals surface area (Å²) in [5, 5.41) is 0. The lowest BCUT2D eigenvalue weighted by Crippen LogP contribution is -2.22. The molecule has 1 aromatic heterocycles. The van der Waals surface area contributed by atoms with Crippen LogP contribution in [0.2, 0.25) is 0 Å². The van der Waals surface area contributed by atoms with Crippen molar-refractivity contribution in [2.45, 2.75) is 25.3 Å². The first kappa shape index (κ1) is 11.1. The van der Waals surface area contributed by atoms with E-state index in [0.717, 1.165) is 15.1 Å². The zero-order chi connectivity index (χ0) is 11.0. The van der Waals surface area contributed by atoms with E-state index in [1.807, 2.05) is 19.0 Å². The molecule has 1 aliphatic carbocycles. The number of nitrogens with one attached hydrogen (secondary N) is 1. The number of hydrogen-bond acceptors (Lipinski definition) is 3. The molecule has 0 atom stereocenters. The summed E-state index contributed by atoms with van der Waals surface area (Å²) in [5.74, 6) is 1.30. The van der Waals surface area contributed by atoms with E-state index in [4.69, 9.17) is 0 Å². The summed E-state index contributed by atoms with van der Waals surface area (Å²) in [4.78, 5) is 21.0. The minimum Gasteiger partial charge on any atom is -0.309 e. The third-order valence-electron chi connectivity index (χ3n) is 2.37. The van der Waals surface area contributed by atoms with Gasteiger partial charge in [-0.3, -0.25) is 4.79 Å². The van der Waals surface area contributed by atoms with Gasteiger partial charge in [0.1, 0.15) is 5.82 Å². The van der Waals surface area contributed by atoms with Crippen molar-refractivity contribution in [3.8, 4) is 0 Å². The molecule has 1 N–H and O–H groups in total. The highest BCUT2D eigenvalue weighted by Gasteiger charge is 2.28. The van der Waals surface area contributed by atoms with Crippen LogP contribution in [0.3, 0.4) is 0 Å². The molecule has 1 heterocycles. The lowest BCUT2D eigenvalue weighted by atomic mass is 10.3. The SMILES string of the molecule is CN(C)Cc1nc(C2CC2)c(I)c(=O)[nH]1. The van der Waals surface area contributed by atoms with Crippen LogP contribution in [0.4, 0.5) is 0 Å². The van der Waals surface area contributed by atoms with Gasteiger partial charge < -0.3 is 9.88 Å². The summed E-state index contributed by atoms with van der Waals surface area (Å²) in [5.41, 5.74) is 1.00. The van der Waals surface area contributed by atoms with Crippen LogP contribution < -0.4 is 5.56 Å². The van der Waals surface area contributed by atoms with E-state index in [9.17, 15) is 4.79 Å². The molecule has 2 rings (SSSR count). The Morgan fingerprint density at radius 2 is 2.20 bits per heavy atom. The molecule has 0 bridgehead atoms. The van der Waals surface area contributed by atoms with Crippen LogP contribution in [0.15, 0.2) is 4.79 Å². The quantitative estimate of drug-likeness (QED) is 0.855. The summed E-state index contributed by atoms with van der Waals surface area (Å²) in [6.07, 6.45) is 2.35. The van der Waals surface area contributed by atoms with Crippen molar-refractivity contribution in [1.82, 2.24) is 14.9 Å². The van der Waals surface area contributed by atoms with Crippen molar-refractivity contribution in [3.05, 3.63) is 25.4 Å². The van der Waals surface area contributed by atoms with Crippen LogP contribution in [0, 0.1) is 3.57 Å². The third-order valence-corrected chi connectivity index (χ3v) is 3.41. The maximum atomic E-state index is 11.7. The second-order valence-electron chi connectivity index (χ2n) is 4.22. The zero-order valence-corrected chi connectivity index (χ0v) is 11.0. The molecule has 4 nitrogen and oxygen atoms in total. The van der Waals surface area contributed by atoms with Gasteiger partial charge in [-0.2, -0.15) is 0 Å². The molecule has 0 saturated heterocycles. The number of H-pyrrole nitrogens is 1. The van der Waals surface area contributed by atoms with Crippen LogP contribution in [-0.4, -0.2) is 29.0 Å². The first-order valence-electron chi connectivity index (χ1n) is 5.01. The fourth-order valence-electron chi connectivity index (χ4n) is 1.53. The van der Waals surface area contributed by atoms with Gasteiger partial charge in [0, 0.05) is 5.92 Å². The molecule has 0 spiro atoms. The Labute approximate surface area is 102 Å². The topological polar surface area (TPSA) is 49.0 Å². The van der Waals surface area contributed by atoms with Crippen LogP contribution in [0.5, 0.6) is 0 Å². The fraction of sp³-hybridized carbons (Fsp3) is 0.600. The van der Waals surface area contributed by atoms with Gasteiger partial charge in [0.25, 0.3) is 5.56 Å². The van der Waals surface area contributed by atoms with Gasteiger partial charge in [-0.15, -0.1) is 0 Å². The largest absolute Gasteiger partial charge is 0.309 e. The Morgan fingerprint density at radius 1 is 1.53 bits per heavy atom. The minimum atomic E-state index is 0.00403. The van der Waals surface area contributed by atoms with Crippen LogP contribution in [-0.2, 0) is 6.54 Å². The van der Waals surface area contributed by atoms with Gasteiger partial charge >= 0.3 is 0 Å². The molecule has 0 aliphatic heterocycles. The second-order valence-corrected chi connectivity index (χ2v) is 5.30. The van der Waals surface area contributed by atoms with Gasteiger partial charge in [-0.25, -0.2) is 4.98 Å². The second kappa shape index (κ2) is 4.21. The third kappa shape index (κ3) is 2.57. The molecular formula is C10H14IN3O. The predicted octanol–water partition coefficient (Wildman–Crippen LogP) is 1.31. The molecular weight excluding hydrogens is 305 g/mol. The van der Waals surface area contributed by atoms with E-state index in [2.05, 4.69) is 32.6 Å². The molecule has 82 valence electrons. The Morgan fingerprint density at radius 3 is 2.73 bits per heavy atom. The molecule has 1 saturated carbocycles. The Bertz CT molecular complexity index is 423. The standard InChI is InChI=1S/C10H14IN3O/c1-14(2)5-7-12-9(6-3-4-6)8(11)10(15)13-7/h6H,3-5H2,1-2H3,(H,12,13,15). The molecule has 5 heteroatoms. The van der Waals surface area contributed by atoms with E-state index in [1.165, 1.54) is 12.8 Å². The maximum Gasteiger partial charge on any atom is 0.264 e. The molecule has 1 fully saturated rings. The summed E-state index contributed by atoms with van der Waals surface area (Å²) in [7, 11) is 3.93. The number of rotatable bonds is 3. The summed E-state index contributed by atoms with van der Waals surface area (Å²) >= 11 is 2.09. The van der Waals surface area contributed by atoms with Crippen molar-refractivity contribution in [2.24, 2.45) is 0 Å². The molecule has 0 aromatic carbocycles. The molecule has 1 aromatic rings. The normalized spacial score (nSPS) is 16.0. The van der Waals surface area contributed by atoms with E-state index < -0.39 is 0 Å².